The molecule has 1 aromatic carbocycles. The van der Waals surface area contributed by atoms with E-state index in [1.54, 1.807) is 30.3 Å². The Balaban J connectivity index is 2.23. The summed E-state index contributed by atoms with van der Waals surface area (Å²) in [5.74, 6) is 0.946. The highest BCUT2D eigenvalue weighted by Gasteiger charge is 2.00. The van der Waals surface area contributed by atoms with Gasteiger partial charge in [0.05, 0.1) is 0 Å². The first kappa shape index (κ1) is 11.0. The molecule has 2 aromatic rings. The van der Waals surface area contributed by atoms with Gasteiger partial charge in [0, 0.05) is 15.7 Å². The molecule has 0 saturated carbocycles. The third-order valence-corrected chi connectivity index (χ3v) is 2.26. The van der Waals surface area contributed by atoms with Crippen molar-refractivity contribution in [1.82, 2.24) is 10.2 Å². The molecule has 0 unspecified atom stereocenters. The van der Waals surface area contributed by atoms with Crippen LogP contribution in [0.3, 0.4) is 0 Å². The molecule has 0 bridgehead atoms. The van der Waals surface area contributed by atoms with Crippen LogP contribution in [0.1, 0.15) is 0 Å². The summed E-state index contributed by atoms with van der Waals surface area (Å²) in [7, 11) is 0. The van der Waals surface area contributed by atoms with Crippen molar-refractivity contribution < 1.29 is 0 Å². The van der Waals surface area contributed by atoms with Crippen LogP contribution in [0.2, 0.25) is 10.0 Å². The Hall–Kier alpha value is -1.52. The number of hydrogen-bond donors (Lipinski definition) is 2. The van der Waals surface area contributed by atoms with E-state index in [4.69, 9.17) is 28.9 Å². The summed E-state index contributed by atoms with van der Waals surface area (Å²) < 4.78 is 0. The molecule has 1 aromatic heterocycles. The van der Waals surface area contributed by atoms with Crippen LogP contribution in [0.4, 0.5) is 17.3 Å². The first-order valence-corrected chi connectivity index (χ1v) is 5.21. The van der Waals surface area contributed by atoms with Gasteiger partial charge >= 0.3 is 0 Å². The zero-order chi connectivity index (χ0) is 11.5. The lowest BCUT2D eigenvalue weighted by Gasteiger charge is -2.05. The van der Waals surface area contributed by atoms with Crippen LogP contribution in [0.15, 0.2) is 30.3 Å². The highest BCUT2D eigenvalue weighted by atomic mass is 35.5. The minimum absolute atomic E-state index is 0.370. The molecule has 2 rings (SSSR count). The van der Waals surface area contributed by atoms with E-state index in [0.717, 1.165) is 5.69 Å². The predicted molar refractivity (Wildman–Crippen MR) is 66.2 cm³/mol. The number of nitrogens with zero attached hydrogens (tertiary/aromatic N) is 2. The molecule has 0 radical (unpaired) electrons. The fourth-order valence-corrected chi connectivity index (χ4v) is 1.71. The maximum Gasteiger partial charge on any atom is 0.153 e. The van der Waals surface area contributed by atoms with Crippen molar-refractivity contribution in [1.29, 1.82) is 0 Å². The number of anilines is 3. The molecule has 0 aliphatic rings. The quantitative estimate of drug-likeness (QED) is 0.865. The topological polar surface area (TPSA) is 63.8 Å². The van der Waals surface area contributed by atoms with Crippen molar-refractivity contribution in [2.75, 3.05) is 11.1 Å². The maximum absolute atomic E-state index is 5.86. The van der Waals surface area contributed by atoms with Gasteiger partial charge in [0.25, 0.3) is 0 Å². The molecule has 4 nitrogen and oxygen atoms in total. The van der Waals surface area contributed by atoms with E-state index < -0.39 is 0 Å². The van der Waals surface area contributed by atoms with Crippen LogP contribution in [0.25, 0.3) is 0 Å². The molecule has 6 heteroatoms. The Bertz CT molecular complexity index is 478. The van der Waals surface area contributed by atoms with Crippen molar-refractivity contribution in [2.45, 2.75) is 0 Å². The molecule has 0 amide bonds. The number of nitrogens with one attached hydrogen (secondary N) is 1. The standard InChI is InChI=1S/C10H8Cl2N4/c11-6-3-7(12)5-8(4-6)14-10-2-1-9(13)15-16-10/h1-5H,(H2,13,15)(H,14,16). The van der Waals surface area contributed by atoms with Gasteiger partial charge in [0.1, 0.15) is 5.82 Å². The van der Waals surface area contributed by atoms with Crippen molar-refractivity contribution in [3.05, 3.63) is 40.4 Å². The summed E-state index contributed by atoms with van der Waals surface area (Å²) in [5.41, 5.74) is 6.17. The molecule has 0 atom stereocenters. The lowest BCUT2D eigenvalue weighted by Crippen LogP contribution is -1.98. The number of aromatic nitrogens is 2. The van der Waals surface area contributed by atoms with E-state index in [9.17, 15) is 0 Å². The predicted octanol–water partition coefficient (Wildman–Crippen LogP) is 3.11. The molecule has 1 heterocycles. The second-order valence-electron chi connectivity index (χ2n) is 3.13. The first-order chi connectivity index (χ1) is 7.63. The largest absolute Gasteiger partial charge is 0.382 e. The van der Waals surface area contributed by atoms with E-state index in [1.807, 2.05) is 0 Å². The fraction of sp³-hybridized carbons (Fsp3) is 0. The average Bonchev–Trinajstić information content (AvgIpc) is 2.20. The number of rotatable bonds is 2. The summed E-state index contributed by atoms with van der Waals surface area (Å²) in [4.78, 5) is 0. The Morgan fingerprint density at radius 2 is 1.69 bits per heavy atom. The zero-order valence-corrected chi connectivity index (χ0v) is 9.63. The summed E-state index contributed by atoms with van der Waals surface area (Å²) >= 11 is 11.7. The van der Waals surface area contributed by atoms with Crippen LogP contribution in [-0.2, 0) is 0 Å². The van der Waals surface area contributed by atoms with Gasteiger partial charge in [-0.2, -0.15) is 0 Å². The van der Waals surface area contributed by atoms with Crippen molar-refractivity contribution >= 4 is 40.5 Å². The Labute approximate surface area is 102 Å². The van der Waals surface area contributed by atoms with Crippen molar-refractivity contribution in [3.63, 3.8) is 0 Å². The zero-order valence-electron chi connectivity index (χ0n) is 8.11. The Morgan fingerprint density at radius 3 is 2.25 bits per heavy atom. The van der Waals surface area contributed by atoms with Crippen LogP contribution >= 0.6 is 23.2 Å². The molecule has 0 aliphatic heterocycles. The third-order valence-electron chi connectivity index (χ3n) is 1.82. The second-order valence-corrected chi connectivity index (χ2v) is 4.00. The molecular formula is C10H8Cl2N4. The van der Waals surface area contributed by atoms with Crippen LogP contribution in [0.5, 0.6) is 0 Å². The van der Waals surface area contributed by atoms with E-state index in [0.29, 0.717) is 21.7 Å². The van der Waals surface area contributed by atoms with E-state index in [1.165, 1.54) is 0 Å². The van der Waals surface area contributed by atoms with E-state index >= 15 is 0 Å². The summed E-state index contributed by atoms with van der Waals surface area (Å²) in [6.45, 7) is 0. The highest BCUT2D eigenvalue weighted by Crippen LogP contribution is 2.24. The molecule has 3 N–H and O–H groups in total. The van der Waals surface area contributed by atoms with E-state index in [2.05, 4.69) is 15.5 Å². The monoisotopic (exact) mass is 254 g/mol. The lowest BCUT2D eigenvalue weighted by molar-refractivity contribution is 1.05. The summed E-state index contributed by atoms with van der Waals surface area (Å²) in [5, 5.41) is 11.7. The molecule has 82 valence electrons. The van der Waals surface area contributed by atoms with Gasteiger partial charge in [-0.3, -0.25) is 0 Å². The molecule has 0 spiro atoms. The SMILES string of the molecule is Nc1ccc(Nc2cc(Cl)cc(Cl)c2)nn1. The number of nitrogen functional groups attached to an aromatic ring is 1. The van der Waals surface area contributed by atoms with Gasteiger partial charge < -0.3 is 11.1 Å². The third kappa shape index (κ3) is 2.74. The average molecular weight is 255 g/mol. The fourth-order valence-electron chi connectivity index (χ4n) is 1.18. The van der Waals surface area contributed by atoms with Gasteiger partial charge in [0.15, 0.2) is 5.82 Å². The smallest absolute Gasteiger partial charge is 0.153 e. The lowest BCUT2D eigenvalue weighted by atomic mass is 10.3. The summed E-state index contributed by atoms with van der Waals surface area (Å²) in [6.07, 6.45) is 0. The van der Waals surface area contributed by atoms with Crippen molar-refractivity contribution in [2.24, 2.45) is 0 Å². The van der Waals surface area contributed by atoms with Crippen LogP contribution in [0, 0.1) is 0 Å². The van der Waals surface area contributed by atoms with Gasteiger partial charge in [-0.05, 0) is 30.3 Å². The van der Waals surface area contributed by atoms with Crippen LogP contribution in [-0.4, -0.2) is 10.2 Å². The molecule has 0 aliphatic carbocycles. The summed E-state index contributed by atoms with van der Waals surface area (Å²) in [6, 6.07) is 8.51. The van der Waals surface area contributed by atoms with Crippen LogP contribution < -0.4 is 11.1 Å². The molecule has 16 heavy (non-hydrogen) atoms. The number of nitrogens with two attached hydrogens (primary N) is 1. The molecular weight excluding hydrogens is 247 g/mol. The Morgan fingerprint density at radius 1 is 1.00 bits per heavy atom. The highest BCUT2D eigenvalue weighted by molar-refractivity contribution is 6.35. The Kier molecular flexibility index (Phi) is 3.12. The second kappa shape index (κ2) is 4.55. The minimum Gasteiger partial charge on any atom is -0.382 e. The van der Waals surface area contributed by atoms with Gasteiger partial charge in [-0.1, -0.05) is 23.2 Å². The normalized spacial score (nSPS) is 10.1. The van der Waals surface area contributed by atoms with Gasteiger partial charge in [-0.25, -0.2) is 0 Å². The number of halogens is 2. The van der Waals surface area contributed by atoms with Gasteiger partial charge in [-0.15, -0.1) is 10.2 Å². The number of benzene rings is 1. The molecule has 0 fully saturated rings. The number of hydrogen-bond acceptors (Lipinski definition) is 4. The molecule has 0 saturated heterocycles. The minimum atomic E-state index is 0.370. The maximum atomic E-state index is 5.86. The van der Waals surface area contributed by atoms with Gasteiger partial charge in [0.2, 0.25) is 0 Å². The van der Waals surface area contributed by atoms with Crippen molar-refractivity contribution in [3.8, 4) is 0 Å². The van der Waals surface area contributed by atoms with E-state index in [-0.39, 0.29) is 0 Å². The first-order valence-electron chi connectivity index (χ1n) is 4.46.